The number of amides is 1. The number of rotatable bonds is 10. The summed E-state index contributed by atoms with van der Waals surface area (Å²) in [6.45, 7) is 1.03. The first-order valence-electron chi connectivity index (χ1n) is 13.8. The molecule has 41 heavy (non-hydrogen) atoms. The van der Waals surface area contributed by atoms with Crippen LogP contribution in [0.5, 0.6) is 5.75 Å². The second kappa shape index (κ2) is 11.3. The van der Waals surface area contributed by atoms with E-state index in [9.17, 15) is 26.4 Å². The highest BCUT2D eigenvalue weighted by molar-refractivity contribution is 7.89. The first-order valence-corrected chi connectivity index (χ1v) is 15.3. The number of likely N-dealkylation sites (N-methyl/N-ethyl adjacent to an activating group) is 1. The van der Waals surface area contributed by atoms with Gasteiger partial charge in [0.2, 0.25) is 10.0 Å². The van der Waals surface area contributed by atoms with Crippen molar-refractivity contribution >= 4 is 33.0 Å². The Morgan fingerprint density at radius 2 is 1.83 bits per heavy atom. The lowest BCUT2D eigenvalue weighted by molar-refractivity contribution is -0.139. The lowest BCUT2D eigenvalue weighted by Gasteiger charge is -2.35. The summed E-state index contributed by atoms with van der Waals surface area (Å²) in [6, 6.07) is 7.64. The minimum atomic E-state index is -4.35. The summed E-state index contributed by atoms with van der Waals surface area (Å²) in [4.78, 5) is 17.6. The first kappa shape index (κ1) is 29.5. The van der Waals surface area contributed by atoms with Crippen molar-refractivity contribution in [1.29, 1.82) is 0 Å². The van der Waals surface area contributed by atoms with Gasteiger partial charge in [-0.2, -0.15) is 13.2 Å². The van der Waals surface area contributed by atoms with Crippen molar-refractivity contribution in [1.82, 2.24) is 4.72 Å². The molecule has 1 spiro atoms. The number of carbonyl (C=O) groups is 1. The second-order valence-corrected chi connectivity index (χ2v) is 12.9. The van der Waals surface area contributed by atoms with E-state index < -0.39 is 35.1 Å². The molecule has 1 saturated heterocycles. The quantitative estimate of drug-likeness (QED) is 0.382. The molecule has 1 amide bonds. The third kappa shape index (κ3) is 6.73. The van der Waals surface area contributed by atoms with Gasteiger partial charge >= 0.3 is 6.18 Å². The van der Waals surface area contributed by atoms with Gasteiger partial charge < -0.3 is 25.0 Å². The van der Waals surface area contributed by atoms with Gasteiger partial charge in [-0.25, -0.2) is 13.1 Å². The third-order valence-electron chi connectivity index (χ3n) is 8.20. The summed E-state index contributed by atoms with van der Waals surface area (Å²) in [7, 11) is -2.07. The number of hydrogen-bond acceptors (Lipinski definition) is 7. The maximum atomic E-state index is 13.6. The fourth-order valence-corrected chi connectivity index (χ4v) is 6.68. The van der Waals surface area contributed by atoms with Crippen LogP contribution in [-0.4, -0.2) is 72.0 Å². The van der Waals surface area contributed by atoms with Gasteiger partial charge in [-0.05, 0) is 67.3 Å². The van der Waals surface area contributed by atoms with Gasteiger partial charge in [0.1, 0.15) is 5.75 Å². The lowest BCUT2D eigenvalue weighted by atomic mass is 9.93. The zero-order valence-electron chi connectivity index (χ0n) is 22.9. The molecule has 5 rings (SSSR count). The molecule has 2 aromatic rings. The molecule has 2 heterocycles. The number of aliphatic hydroxyl groups excluding tert-OH is 1. The van der Waals surface area contributed by atoms with E-state index >= 15 is 0 Å². The molecule has 0 aromatic heterocycles. The van der Waals surface area contributed by atoms with Crippen LogP contribution in [0, 0.1) is 5.41 Å². The number of alkyl halides is 3. The smallest absolute Gasteiger partial charge is 0.392 e. The summed E-state index contributed by atoms with van der Waals surface area (Å²) in [5.41, 5.74) is 3.09. The first-order chi connectivity index (χ1) is 19.4. The molecule has 13 heteroatoms. The van der Waals surface area contributed by atoms with Crippen LogP contribution in [-0.2, 0) is 16.4 Å². The summed E-state index contributed by atoms with van der Waals surface area (Å²) in [5, 5.41) is 11.9. The maximum absolute atomic E-state index is 13.6. The number of sulfonamides is 1. The number of halogens is 3. The van der Waals surface area contributed by atoms with E-state index in [1.165, 1.54) is 37.1 Å². The summed E-state index contributed by atoms with van der Waals surface area (Å²) in [6.07, 6.45) is -0.485. The molecule has 0 radical (unpaired) electrons. The number of nitrogens with zero attached hydrogens (tertiary/aromatic N) is 2. The molecule has 0 atom stereocenters. The van der Waals surface area contributed by atoms with Crippen LogP contribution in [0.1, 0.15) is 48.0 Å². The fourth-order valence-electron chi connectivity index (χ4n) is 5.64. The molecule has 224 valence electrons. The Hall–Kier alpha value is -3.03. The molecule has 1 aliphatic carbocycles. The van der Waals surface area contributed by atoms with Gasteiger partial charge in [0.05, 0.1) is 41.5 Å². The van der Waals surface area contributed by atoms with Crippen LogP contribution in [0.25, 0.3) is 0 Å². The molecule has 2 aromatic carbocycles. The van der Waals surface area contributed by atoms with Crippen molar-refractivity contribution in [3.63, 3.8) is 0 Å². The topological polar surface area (TPSA) is 111 Å². The number of aliphatic hydroxyl groups is 1. The Labute approximate surface area is 237 Å². The predicted molar refractivity (Wildman–Crippen MR) is 149 cm³/mol. The van der Waals surface area contributed by atoms with E-state index in [1.807, 2.05) is 16.8 Å². The van der Waals surface area contributed by atoms with Crippen LogP contribution >= 0.6 is 0 Å². The Morgan fingerprint density at radius 3 is 2.49 bits per heavy atom. The second-order valence-electron chi connectivity index (χ2n) is 11.1. The summed E-state index contributed by atoms with van der Waals surface area (Å²) >= 11 is 0. The number of carbonyl (C=O) groups excluding carboxylic acids is 1. The zero-order valence-corrected chi connectivity index (χ0v) is 23.7. The largest absolute Gasteiger partial charge is 0.491 e. The Balaban J connectivity index is 1.43. The number of hydrogen-bond donors (Lipinski definition) is 3. The van der Waals surface area contributed by atoms with Crippen molar-refractivity contribution in [2.24, 2.45) is 5.41 Å². The zero-order chi connectivity index (χ0) is 29.4. The molecule has 0 unspecified atom stereocenters. The number of fused-ring (bicyclic) bond motifs is 1. The number of piperidine rings is 1. The number of benzene rings is 2. The van der Waals surface area contributed by atoms with Gasteiger partial charge in [-0.15, -0.1) is 0 Å². The lowest BCUT2D eigenvalue weighted by Crippen LogP contribution is -2.36. The average Bonchev–Trinajstić information content (AvgIpc) is 3.57. The van der Waals surface area contributed by atoms with E-state index in [-0.39, 0.29) is 29.4 Å². The highest BCUT2D eigenvalue weighted by Crippen LogP contribution is 2.54. The maximum Gasteiger partial charge on any atom is 0.392 e. The van der Waals surface area contributed by atoms with Crippen molar-refractivity contribution in [2.75, 3.05) is 61.6 Å². The van der Waals surface area contributed by atoms with Gasteiger partial charge in [0, 0.05) is 45.0 Å². The van der Waals surface area contributed by atoms with Crippen molar-refractivity contribution in [3.05, 3.63) is 41.5 Å². The van der Waals surface area contributed by atoms with Crippen LogP contribution in [0.2, 0.25) is 0 Å². The van der Waals surface area contributed by atoms with Crippen molar-refractivity contribution in [2.45, 2.75) is 49.6 Å². The molecule has 3 aliphatic rings. The third-order valence-corrected chi connectivity index (χ3v) is 9.66. The SMILES string of the molecule is CN1CCc2cc(NC(=O)c3ccc(S(=O)(=O)NCCO)cc3N3CCC4(CC3)CC4)cc(OCCC(F)(F)F)c21. The number of nitrogens with one attached hydrogen (secondary N) is 2. The highest BCUT2D eigenvalue weighted by atomic mass is 32.2. The fraction of sp³-hybridized carbons (Fsp3) is 0.536. The molecule has 1 saturated carbocycles. The summed E-state index contributed by atoms with van der Waals surface area (Å²) < 4.78 is 71.7. The molecule has 0 bridgehead atoms. The van der Waals surface area contributed by atoms with Crippen molar-refractivity contribution < 1.29 is 36.2 Å². The minimum Gasteiger partial charge on any atom is -0.491 e. The van der Waals surface area contributed by atoms with E-state index in [0.29, 0.717) is 48.5 Å². The highest BCUT2D eigenvalue weighted by Gasteiger charge is 2.44. The number of ether oxygens (including phenoxy) is 1. The molecular formula is C28H35F3N4O5S. The molecular weight excluding hydrogens is 561 g/mol. The number of anilines is 3. The van der Waals surface area contributed by atoms with Crippen LogP contribution in [0.15, 0.2) is 35.2 Å². The van der Waals surface area contributed by atoms with Crippen LogP contribution in [0.3, 0.4) is 0 Å². The van der Waals surface area contributed by atoms with E-state index in [2.05, 4.69) is 10.0 Å². The van der Waals surface area contributed by atoms with E-state index in [0.717, 1.165) is 18.4 Å². The van der Waals surface area contributed by atoms with E-state index in [1.54, 1.807) is 6.07 Å². The molecule has 2 fully saturated rings. The van der Waals surface area contributed by atoms with Crippen LogP contribution in [0.4, 0.5) is 30.2 Å². The Morgan fingerprint density at radius 1 is 1.10 bits per heavy atom. The van der Waals surface area contributed by atoms with E-state index in [4.69, 9.17) is 9.84 Å². The monoisotopic (exact) mass is 596 g/mol. The molecule has 2 aliphatic heterocycles. The summed E-state index contributed by atoms with van der Waals surface area (Å²) in [5.74, 6) is -0.198. The minimum absolute atomic E-state index is 0.00914. The van der Waals surface area contributed by atoms with Gasteiger partial charge in [-0.3, -0.25) is 4.79 Å². The Bertz CT molecular complexity index is 1400. The average molecular weight is 597 g/mol. The van der Waals surface area contributed by atoms with Gasteiger partial charge in [0.15, 0.2) is 0 Å². The van der Waals surface area contributed by atoms with Gasteiger partial charge in [0.25, 0.3) is 5.91 Å². The Kier molecular flexibility index (Phi) is 8.14. The van der Waals surface area contributed by atoms with Crippen molar-refractivity contribution in [3.8, 4) is 5.75 Å². The normalized spacial score (nSPS) is 18.0. The standard InChI is InChI=1S/C28H35F3N4O5S/c1-34-11-4-19-16-20(17-24(25(19)34)40-15-9-28(29,30)31)33-26(37)22-3-2-21(41(38,39)32-10-14-36)18-23(22)35-12-7-27(5-6-27)8-13-35/h2-3,16-18,32,36H,4-15H2,1H3,(H,33,37). The van der Waals surface area contributed by atoms with Crippen LogP contribution < -0.4 is 24.6 Å². The molecule has 9 nitrogen and oxygen atoms in total. The molecule has 3 N–H and O–H groups in total. The van der Waals surface area contributed by atoms with Gasteiger partial charge in [-0.1, -0.05) is 0 Å². The predicted octanol–water partition coefficient (Wildman–Crippen LogP) is 3.91.